The zero-order valence-corrected chi connectivity index (χ0v) is 21.6. The van der Waals surface area contributed by atoms with Crippen molar-refractivity contribution < 1.29 is 18.7 Å². The number of hydrogen-bond acceptors (Lipinski definition) is 7. The summed E-state index contributed by atoms with van der Waals surface area (Å²) in [5.74, 6) is 2.32. The molecular formula is C27H37N5O4. The number of nitrogens with zero attached hydrogens (tertiary/aromatic N) is 5. The highest BCUT2D eigenvalue weighted by Gasteiger charge is 2.49. The summed E-state index contributed by atoms with van der Waals surface area (Å²) in [6.07, 6.45) is 4.80. The van der Waals surface area contributed by atoms with Crippen LogP contribution in [0.3, 0.4) is 0 Å². The van der Waals surface area contributed by atoms with Crippen molar-refractivity contribution in [1.29, 1.82) is 0 Å². The number of rotatable bonds is 6. The van der Waals surface area contributed by atoms with Gasteiger partial charge in [-0.3, -0.25) is 14.5 Å². The number of aromatic nitrogens is 2. The third-order valence-electron chi connectivity index (χ3n) is 8.07. The number of ether oxygens (including phenoxy) is 1. The normalized spacial score (nSPS) is 22.1. The topological polar surface area (TPSA) is 92.0 Å². The number of carbonyl (C=O) groups is 2. The molecular weight excluding hydrogens is 458 g/mol. The third kappa shape index (κ3) is 4.98. The fourth-order valence-corrected chi connectivity index (χ4v) is 5.89. The van der Waals surface area contributed by atoms with Gasteiger partial charge >= 0.3 is 0 Å². The van der Waals surface area contributed by atoms with Gasteiger partial charge in [-0.2, -0.15) is 0 Å². The Balaban J connectivity index is 1.30. The molecule has 1 aromatic heterocycles. The molecule has 1 spiro atoms. The Morgan fingerprint density at radius 2 is 1.86 bits per heavy atom. The van der Waals surface area contributed by atoms with Crippen molar-refractivity contribution >= 4 is 11.8 Å². The number of likely N-dealkylation sites (tertiary alicyclic amines) is 3. The summed E-state index contributed by atoms with van der Waals surface area (Å²) in [5.41, 5.74) is 0.674. The molecule has 9 nitrogen and oxygen atoms in total. The third-order valence-corrected chi connectivity index (χ3v) is 8.07. The first kappa shape index (κ1) is 24.7. The summed E-state index contributed by atoms with van der Waals surface area (Å²) in [6.45, 7) is 8.34. The number of hydrogen-bond donors (Lipinski definition) is 0. The van der Waals surface area contributed by atoms with Crippen LogP contribution in [0.1, 0.15) is 80.1 Å². The van der Waals surface area contributed by atoms with E-state index in [1.807, 2.05) is 41.8 Å². The minimum atomic E-state index is -0.0720. The maximum absolute atomic E-state index is 13.2. The Bertz CT molecular complexity index is 1090. The van der Waals surface area contributed by atoms with Gasteiger partial charge in [0.05, 0.1) is 19.7 Å². The first-order chi connectivity index (χ1) is 17.4. The molecule has 4 heterocycles. The van der Waals surface area contributed by atoms with Crippen LogP contribution in [0.5, 0.6) is 5.75 Å². The first-order valence-electron chi connectivity index (χ1n) is 13.2. The van der Waals surface area contributed by atoms with Gasteiger partial charge in [-0.15, -0.1) is 10.2 Å². The second-order valence-electron chi connectivity index (χ2n) is 10.9. The van der Waals surface area contributed by atoms with Gasteiger partial charge in [-0.25, -0.2) is 0 Å². The summed E-state index contributed by atoms with van der Waals surface area (Å²) in [6, 6.07) is 7.27. The van der Waals surface area contributed by atoms with Gasteiger partial charge in [-0.1, -0.05) is 19.9 Å². The van der Waals surface area contributed by atoms with Crippen LogP contribution in [0.4, 0.5) is 0 Å². The zero-order valence-electron chi connectivity index (χ0n) is 21.6. The molecule has 3 saturated heterocycles. The molecule has 2 amide bonds. The van der Waals surface area contributed by atoms with E-state index >= 15 is 0 Å². The SMILES string of the molecule is COc1cccc(C(=O)N2CCC3(CC2)CC(c2nnc(C(C)C)o2)N(CC(=O)N2CCCC2)C3)c1. The van der Waals surface area contributed by atoms with Gasteiger partial charge in [0.1, 0.15) is 5.75 Å². The van der Waals surface area contributed by atoms with Crippen molar-refractivity contribution in [3.63, 3.8) is 0 Å². The van der Waals surface area contributed by atoms with Crippen LogP contribution in [0.15, 0.2) is 28.7 Å². The predicted octanol–water partition coefficient (Wildman–Crippen LogP) is 3.49. The lowest BCUT2D eigenvalue weighted by molar-refractivity contribution is -0.131. The summed E-state index contributed by atoms with van der Waals surface area (Å²) < 4.78 is 11.4. The van der Waals surface area contributed by atoms with Crippen LogP contribution in [-0.4, -0.2) is 83.1 Å². The van der Waals surface area contributed by atoms with Crippen LogP contribution >= 0.6 is 0 Å². The number of carbonyl (C=O) groups excluding carboxylic acids is 2. The monoisotopic (exact) mass is 495 g/mol. The highest BCUT2D eigenvalue weighted by molar-refractivity contribution is 5.94. The lowest BCUT2D eigenvalue weighted by Crippen LogP contribution is -2.45. The van der Waals surface area contributed by atoms with Gasteiger partial charge < -0.3 is 19.0 Å². The maximum Gasteiger partial charge on any atom is 0.253 e. The van der Waals surface area contributed by atoms with Crippen LogP contribution in [0.2, 0.25) is 0 Å². The van der Waals surface area contributed by atoms with Gasteiger partial charge in [0, 0.05) is 44.2 Å². The van der Waals surface area contributed by atoms with Gasteiger partial charge in [0.2, 0.25) is 17.7 Å². The average molecular weight is 496 g/mol. The van der Waals surface area contributed by atoms with E-state index in [9.17, 15) is 9.59 Å². The molecule has 0 bridgehead atoms. The summed E-state index contributed by atoms with van der Waals surface area (Å²) in [5, 5.41) is 8.66. The largest absolute Gasteiger partial charge is 0.497 e. The zero-order chi connectivity index (χ0) is 25.3. The number of amides is 2. The van der Waals surface area contributed by atoms with E-state index in [0.29, 0.717) is 42.7 Å². The molecule has 0 aliphatic carbocycles. The molecule has 194 valence electrons. The summed E-state index contributed by atoms with van der Waals surface area (Å²) in [7, 11) is 1.61. The second kappa shape index (κ2) is 10.2. The molecule has 0 saturated carbocycles. The fraction of sp³-hybridized carbons (Fsp3) is 0.630. The van der Waals surface area contributed by atoms with E-state index in [0.717, 1.165) is 51.7 Å². The quantitative estimate of drug-likeness (QED) is 0.606. The van der Waals surface area contributed by atoms with Crippen molar-refractivity contribution in [2.24, 2.45) is 5.41 Å². The predicted molar refractivity (Wildman–Crippen MR) is 134 cm³/mol. The van der Waals surface area contributed by atoms with Crippen molar-refractivity contribution in [2.75, 3.05) is 46.4 Å². The molecule has 5 rings (SSSR count). The highest BCUT2D eigenvalue weighted by atomic mass is 16.5. The lowest BCUT2D eigenvalue weighted by Gasteiger charge is -2.39. The minimum absolute atomic E-state index is 0.0214. The van der Waals surface area contributed by atoms with E-state index in [1.165, 1.54) is 0 Å². The standard InChI is InChI=1S/C27H37N5O4/c1-19(2)24-28-29-25(36-24)22-16-27(18-32(22)17-23(33)30-11-4-5-12-30)9-13-31(14-10-27)26(34)20-7-6-8-21(15-20)35-3/h6-8,15,19,22H,4-5,9-14,16-18H2,1-3H3. The average Bonchev–Trinajstić information content (AvgIpc) is 3.65. The van der Waals surface area contributed by atoms with Crippen LogP contribution in [0, 0.1) is 5.41 Å². The van der Waals surface area contributed by atoms with Gasteiger partial charge in [-0.05, 0) is 55.7 Å². The van der Waals surface area contributed by atoms with Crippen molar-refractivity contribution in [3.8, 4) is 5.75 Å². The Morgan fingerprint density at radius 3 is 2.53 bits per heavy atom. The molecule has 1 aromatic carbocycles. The molecule has 1 atom stereocenters. The molecule has 3 fully saturated rings. The smallest absolute Gasteiger partial charge is 0.253 e. The molecule has 1 unspecified atom stereocenters. The van der Waals surface area contributed by atoms with E-state index in [2.05, 4.69) is 15.1 Å². The van der Waals surface area contributed by atoms with E-state index in [1.54, 1.807) is 13.2 Å². The number of piperidine rings is 1. The Labute approximate surface area is 212 Å². The van der Waals surface area contributed by atoms with Crippen molar-refractivity contribution in [1.82, 2.24) is 24.9 Å². The fourth-order valence-electron chi connectivity index (χ4n) is 5.89. The van der Waals surface area contributed by atoms with E-state index in [4.69, 9.17) is 9.15 Å². The minimum Gasteiger partial charge on any atom is -0.497 e. The van der Waals surface area contributed by atoms with E-state index < -0.39 is 0 Å². The van der Waals surface area contributed by atoms with Crippen LogP contribution in [0.25, 0.3) is 0 Å². The highest BCUT2D eigenvalue weighted by Crippen LogP contribution is 2.49. The molecule has 0 N–H and O–H groups in total. The molecule has 0 radical (unpaired) electrons. The number of methoxy groups -OCH3 is 1. The molecule has 3 aliphatic heterocycles. The molecule has 2 aromatic rings. The second-order valence-corrected chi connectivity index (χ2v) is 10.9. The van der Waals surface area contributed by atoms with Crippen molar-refractivity contribution in [2.45, 2.75) is 57.9 Å². The Hall–Kier alpha value is -2.94. The molecule has 3 aliphatic rings. The number of benzene rings is 1. The summed E-state index contributed by atoms with van der Waals surface area (Å²) >= 11 is 0. The van der Waals surface area contributed by atoms with Gasteiger partial charge in [0.15, 0.2) is 0 Å². The first-order valence-corrected chi connectivity index (χ1v) is 13.2. The van der Waals surface area contributed by atoms with Crippen LogP contribution < -0.4 is 4.74 Å². The van der Waals surface area contributed by atoms with Crippen molar-refractivity contribution in [3.05, 3.63) is 41.6 Å². The Morgan fingerprint density at radius 1 is 1.11 bits per heavy atom. The maximum atomic E-state index is 13.2. The Kier molecular flexibility index (Phi) is 7.01. The van der Waals surface area contributed by atoms with Gasteiger partial charge in [0.25, 0.3) is 5.91 Å². The molecule has 9 heteroatoms. The summed E-state index contributed by atoms with van der Waals surface area (Å²) in [4.78, 5) is 32.4. The lowest BCUT2D eigenvalue weighted by atomic mass is 9.76. The molecule has 36 heavy (non-hydrogen) atoms. The van der Waals surface area contributed by atoms with E-state index in [-0.39, 0.29) is 29.2 Å². The van der Waals surface area contributed by atoms with Crippen LogP contribution in [-0.2, 0) is 4.79 Å².